The lowest BCUT2D eigenvalue weighted by Crippen LogP contribution is -2.08. The first-order valence-corrected chi connectivity index (χ1v) is 6.23. The maximum Gasteiger partial charge on any atom is 0.337 e. The molecular formula is C15H22O3. The average molecular weight is 250 g/mol. The number of benzene rings is 1. The van der Waals surface area contributed by atoms with E-state index in [1.165, 1.54) is 7.11 Å². The van der Waals surface area contributed by atoms with Gasteiger partial charge >= 0.3 is 5.97 Å². The third-order valence-corrected chi connectivity index (χ3v) is 2.59. The van der Waals surface area contributed by atoms with Gasteiger partial charge in [0.15, 0.2) is 0 Å². The topological polar surface area (TPSA) is 35.5 Å². The van der Waals surface area contributed by atoms with Crippen LogP contribution in [-0.2, 0) is 4.74 Å². The first-order chi connectivity index (χ1) is 8.42. The van der Waals surface area contributed by atoms with Crippen LogP contribution in [0.3, 0.4) is 0 Å². The molecule has 3 nitrogen and oxygen atoms in total. The number of rotatable bonds is 5. The second-order valence-electron chi connectivity index (χ2n) is 5.53. The lowest BCUT2D eigenvalue weighted by atomic mass is 9.91. The van der Waals surface area contributed by atoms with Crippen LogP contribution >= 0.6 is 0 Å². The van der Waals surface area contributed by atoms with Crippen molar-refractivity contribution in [2.24, 2.45) is 5.41 Å². The summed E-state index contributed by atoms with van der Waals surface area (Å²) in [5.74, 6) is 0.377. The number of carbonyl (C=O) groups is 1. The third-order valence-electron chi connectivity index (χ3n) is 2.59. The van der Waals surface area contributed by atoms with Crippen LogP contribution in [0.5, 0.6) is 5.75 Å². The fraction of sp³-hybridized carbons (Fsp3) is 0.533. The Morgan fingerprint density at radius 2 is 2.00 bits per heavy atom. The van der Waals surface area contributed by atoms with Crippen LogP contribution in [0.25, 0.3) is 0 Å². The molecule has 0 spiro atoms. The van der Waals surface area contributed by atoms with Crippen molar-refractivity contribution in [1.82, 2.24) is 0 Å². The standard InChI is InChI=1S/C15H22O3/c1-15(2,3)9-6-10-18-13-8-5-7-12(11-13)14(16)17-4/h5,7-8,11H,6,9-10H2,1-4H3. The van der Waals surface area contributed by atoms with Crippen LogP contribution in [0.4, 0.5) is 0 Å². The quantitative estimate of drug-likeness (QED) is 0.590. The minimum Gasteiger partial charge on any atom is -0.494 e. The fourth-order valence-electron chi connectivity index (χ4n) is 1.62. The number of methoxy groups -OCH3 is 1. The van der Waals surface area contributed by atoms with E-state index in [0.717, 1.165) is 12.8 Å². The summed E-state index contributed by atoms with van der Waals surface area (Å²) in [4.78, 5) is 11.3. The summed E-state index contributed by atoms with van der Waals surface area (Å²) in [5, 5.41) is 0. The van der Waals surface area contributed by atoms with Gasteiger partial charge in [-0.05, 0) is 36.5 Å². The van der Waals surface area contributed by atoms with Crippen molar-refractivity contribution in [3.8, 4) is 5.75 Å². The lowest BCUT2D eigenvalue weighted by molar-refractivity contribution is 0.0600. The summed E-state index contributed by atoms with van der Waals surface area (Å²) < 4.78 is 10.3. The zero-order valence-electron chi connectivity index (χ0n) is 11.7. The molecule has 1 aromatic carbocycles. The molecule has 0 heterocycles. The third kappa shape index (κ3) is 5.21. The highest BCUT2D eigenvalue weighted by molar-refractivity contribution is 5.89. The van der Waals surface area contributed by atoms with Crippen molar-refractivity contribution in [1.29, 1.82) is 0 Å². The predicted octanol–water partition coefficient (Wildman–Crippen LogP) is 3.68. The highest BCUT2D eigenvalue weighted by Gasteiger charge is 2.10. The zero-order valence-corrected chi connectivity index (χ0v) is 11.7. The summed E-state index contributed by atoms with van der Waals surface area (Å²) >= 11 is 0. The maximum atomic E-state index is 11.3. The van der Waals surface area contributed by atoms with Gasteiger partial charge in [-0.15, -0.1) is 0 Å². The molecule has 1 rings (SSSR count). The van der Waals surface area contributed by atoms with Gasteiger partial charge in [0.1, 0.15) is 5.75 Å². The number of hydrogen-bond donors (Lipinski definition) is 0. The molecule has 0 N–H and O–H groups in total. The van der Waals surface area contributed by atoms with Gasteiger partial charge in [-0.1, -0.05) is 26.8 Å². The van der Waals surface area contributed by atoms with E-state index in [1.54, 1.807) is 18.2 Å². The Morgan fingerprint density at radius 3 is 2.61 bits per heavy atom. The van der Waals surface area contributed by atoms with E-state index in [0.29, 0.717) is 23.3 Å². The summed E-state index contributed by atoms with van der Waals surface area (Å²) in [6.45, 7) is 7.31. The SMILES string of the molecule is COC(=O)c1cccc(OCCCC(C)(C)C)c1. The van der Waals surface area contributed by atoms with Gasteiger partial charge in [0, 0.05) is 0 Å². The Kier molecular flexibility index (Phi) is 5.20. The summed E-state index contributed by atoms with van der Waals surface area (Å²) in [6.07, 6.45) is 2.12. The number of hydrogen-bond acceptors (Lipinski definition) is 3. The second-order valence-corrected chi connectivity index (χ2v) is 5.53. The normalized spacial score (nSPS) is 11.1. The Balaban J connectivity index is 2.45. The van der Waals surface area contributed by atoms with Gasteiger partial charge in [-0.3, -0.25) is 0 Å². The van der Waals surface area contributed by atoms with Gasteiger partial charge in [-0.25, -0.2) is 4.79 Å². The zero-order chi connectivity index (χ0) is 13.6. The van der Waals surface area contributed by atoms with E-state index in [-0.39, 0.29) is 5.97 Å². The molecule has 1 aromatic rings. The molecule has 0 fully saturated rings. The molecular weight excluding hydrogens is 228 g/mol. The van der Waals surface area contributed by atoms with Gasteiger partial charge in [0.2, 0.25) is 0 Å². The second kappa shape index (κ2) is 6.43. The molecule has 0 atom stereocenters. The van der Waals surface area contributed by atoms with Crippen molar-refractivity contribution in [2.75, 3.05) is 13.7 Å². The molecule has 0 aromatic heterocycles. The van der Waals surface area contributed by atoms with Crippen molar-refractivity contribution in [3.63, 3.8) is 0 Å². The monoisotopic (exact) mass is 250 g/mol. The molecule has 0 saturated heterocycles. The van der Waals surface area contributed by atoms with Gasteiger partial charge in [0.05, 0.1) is 19.3 Å². The van der Waals surface area contributed by atoms with Crippen molar-refractivity contribution < 1.29 is 14.3 Å². The Bertz CT molecular complexity index is 391. The highest BCUT2D eigenvalue weighted by atomic mass is 16.5. The lowest BCUT2D eigenvalue weighted by Gasteiger charge is -2.17. The molecule has 3 heteroatoms. The molecule has 0 bridgehead atoms. The largest absolute Gasteiger partial charge is 0.494 e. The average Bonchev–Trinajstić information content (AvgIpc) is 2.33. The Labute approximate surface area is 109 Å². The van der Waals surface area contributed by atoms with Gasteiger partial charge in [-0.2, -0.15) is 0 Å². The molecule has 0 aliphatic rings. The number of ether oxygens (including phenoxy) is 2. The van der Waals surface area contributed by atoms with E-state index in [1.807, 2.05) is 6.07 Å². The van der Waals surface area contributed by atoms with E-state index in [4.69, 9.17) is 4.74 Å². The van der Waals surface area contributed by atoms with Crippen molar-refractivity contribution in [2.45, 2.75) is 33.6 Å². The molecule has 0 aliphatic heterocycles. The first-order valence-electron chi connectivity index (χ1n) is 6.23. The van der Waals surface area contributed by atoms with Gasteiger partial charge in [0.25, 0.3) is 0 Å². The molecule has 0 unspecified atom stereocenters. The number of carbonyl (C=O) groups excluding carboxylic acids is 1. The Hall–Kier alpha value is -1.51. The van der Waals surface area contributed by atoms with Crippen LogP contribution in [0, 0.1) is 5.41 Å². The van der Waals surface area contributed by atoms with E-state index >= 15 is 0 Å². The van der Waals surface area contributed by atoms with Crippen LogP contribution in [0.2, 0.25) is 0 Å². The van der Waals surface area contributed by atoms with Crippen LogP contribution in [-0.4, -0.2) is 19.7 Å². The minimum atomic E-state index is -0.338. The highest BCUT2D eigenvalue weighted by Crippen LogP contribution is 2.21. The van der Waals surface area contributed by atoms with Gasteiger partial charge < -0.3 is 9.47 Å². The van der Waals surface area contributed by atoms with Crippen LogP contribution < -0.4 is 4.74 Å². The maximum absolute atomic E-state index is 11.3. The summed E-state index contributed by atoms with van der Waals surface area (Å²) in [7, 11) is 1.37. The molecule has 0 amide bonds. The molecule has 0 radical (unpaired) electrons. The van der Waals surface area contributed by atoms with E-state index in [9.17, 15) is 4.79 Å². The summed E-state index contributed by atoms with van der Waals surface area (Å²) in [6, 6.07) is 7.08. The molecule has 100 valence electrons. The van der Waals surface area contributed by atoms with Crippen molar-refractivity contribution >= 4 is 5.97 Å². The fourth-order valence-corrected chi connectivity index (χ4v) is 1.62. The van der Waals surface area contributed by atoms with E-state index < -0.39 is 0 Å². The van der Waals surface area contributed by atoms with E-state index in [2.05, 4.69) is 25.5 Å². The minimum absolute atomic E-state index is 0.331. The molecule has 0 saturated carbocycles. The van der Waals surface area contributed by atoms with Crippen LogP contribution in [0.15, 0.2) is 24.3 Å². The number of esters is 1. The molecule has 18 heavy (non-hydrogen) atoms. The Morgan fingerprint density at radius 1 is 1.28 bits per heavy atom. The smallest absolute Gasteiger partial charge is 0.337 e. The first kappa shape index (κ1) is 14.6. The summed E-state index contributed by atoms with van der Waals surface area (Å²) in [5.41, 5.74) is 0.850. The predicted molar refractivity (Wildman–Crippen MR) is 72.0 cm³/mol. The van der Waals surface area contributed by atoms with Crippen LogP contribution in [0.1, 0.15) is 44.0 Å². The molecule has 0 aliphatic carbocycles. The van der Waals surface area contributed by atoms with Crippen molar-refractivity contribution in [3.05, 3.63) is 29.8 Å².